The van der Waals surface area contributed by atoms with E-state index in [1.54, 1.807) is 6.20 Å². The lowest BCUT2D eigenvalue weighted by molar-refractivity contribution is 0.233. The summed E-state index contributed by atoms with van der Waals surface area (Å²) < 4.78 is 1.99. The Morgan fingerprint density at radius 1 is 1.53 bits per heavy atom. The van der Waals surface area contributed by atoms with Crippen molar-refractivity contribution in [3.8, 4) is 0 Å². The summed E-state index contributed by atoms with van der Waals surface area (Å²) in [6.45, 7) is 2.17. The number of aromatic nitrogens is 4. The van der Waals surface area contributed by atoms with E-state index in [0.29, 0.717) is 6.54 Å². The summed E-state index contributed by atoms with van der Waals surface area (Å²) in [4.78, 5) is 25.1. The van der Waals surface area contributed by atoms with Crippen LogP contribution in [-0.2, 0) is 26.6 Å². The Morgan fingerprint density at radius 2 is 2.37 bits per heavy atom. The first kappa shape index (κ1) is 11.9. The SMILES string of the molecule is Cn1ccnc1CN1CCc2nc(N)[nH]c(=O)c2C1. The summed E-state index contributed by atoms with van der Waals surface area (Å²) >= 11 is 0. The zero-order valence-corrected chi connectivity index (χ0v) is 10.8. The van der Waals surface area contributed by atoms with Gasteiger partial charge in [-0.3, -0.25) is 14.7 Å². The van der Waals surface area contributed by atoms with Crippen LogP contribution in [0.3, 0.4) is 0 Å². The number of aryl methyl sites for hydroxylation is 1. The molecule has 100 valence electrons. The van der Waals surface area contributed by atoms with Crippen LogP contribution in [0.2, 0.25) is 0 Å². The van der Waals surface area contributed by atoms with E-state index in [-0.39, 0.29) is 11.5 Å². The Kier molecular flexibility index (Phi) is 2.83. The second kappa shape index (κ2) is 4.51. The normalized spacial score (nSPS) is 15.4. The average molecular weight is 260 g/mol. The third kappa shape index (κ3) is 2.24. The van der Waals surface area contributed by atoms with Crippen LogP contribution in [0.4, 0.5) is 5.95 Å². The molecule has 0 unspecified atom stereocenters. The lowest BCUT2D eigenvalue weighted by Crippen LogP contribution is -2.36. The van der Waals surface area contributed by atoms with Crippen molar-refractivity contribution >= 4 is 5.95 Å². The van der Waals surface area contributed by atoms with Gasteiger partial charge in [-0.05, 0) is 0 Å². The molecule has 0 saturated carbocycles. The fourth-order valence-corrected chi connectivity index (χ4v) is 2.38. The number of rotatable bonds is 2. The van der Waals surface area contributed by atoms with E-state index in [1.807, 2.05) is 17.8 Å². The molecule has 3 rings (SSSR count). The van der Waals surface area contributed by atoms with Gasteiger partial charge in [-0.2, -0.15) is 0 Å². The Labute approximate surface area is 110 Å². The zero-order valence-electron chi connectivity index (χ0n) is 10.8. The molecule has 0 bridgehead atoms. The molecule has 0 aromatic carbocycles. The summed E-state index contributed by atoms with van der Waals surface area (Å²) in [5.74, 6) is 1.18. The second-order valence-electron chi connectivity index (χ2n) is 4.79. The molecule has 0 radical (unpaired) electrons. The number of hydrogen-bond donors (Lipinski definition) is 2. The molecule has 0 aliphatic carbocycles. The largest absolute Gasteiger partial charge is 0.369 e. The molecule has 0 atom stereocenters. The number of H-pyrrole nitrogens is 1. The zero-order chi connectivity index (χ0) is 13.4. The maximum absolute atomic E-state index is 11.9. The number of aromatic amines is 1. The van der Waals surface area contributed by atoms with Crippen LogP contribution < -0.4 is 11.3 Å². The van der Waals surface area contributed by atoms with E-state index in [0.717, 1.165) is 36.6 Å². The van der Waals surface area contributed by atoms with Gasteiger partial charge in [-0.15, -0.1) is 0 Å². The molecule has 3 N–H and O–H groups in total. The molecule has 1 aliphatic heterocycles. The van der Waals surface area contributed by atoms with Crippen LogP contribution in [0.25, 0.3) is 0 Å². The Hall–Kier alpha value is -2.15. The first-order valence-electron chi connectivity index (χ1n) is 6.19. The first-order valence-corrected chi connectivity index (χ1v) is 6.19. The minimum absolute atomic E-state index is 0.132. The molecule has 3 heterocycles. The molecule has 7 nitrogen and oxygen atoms in total. The van der Waals surface area contributed by atoms with Gasteiger partial charge in [0.15, 0.2) is 0 Å². The van der Waals surface area contributed by atoms with Crippen molar-refractivity contribution in [2.45, 2.75) is 19.5 Å². The number of hydrogen-bond acceptors (Lipinski definition) is 5. The molecule has 7 heteroatoms. The van der Waals surface area contributed by atoms with Crippen LogP contribution in [0.1, 0.15) is 17.1 Å². The van der Waals surface area contributed by atoms with Crippen LogP contribution >= 0.6 is 0 Å². The molecule has 0 amide bonds. The molecule has 1 aliphatic rings. The van der Waals surface area contributed by atoms with Gasteiger partial charge in [-0.1, -0.05) is 0 Å². The predicted molar refractivity (Wildman–Crippen MR) is 70.3 cm³/mol. The predicted octanol–water partition coefficient (Wildman–Crippen LogP) is -0.356. The minimum atomic E-state index is -0.132. The number of imidazole rings is 1. The quantitative estimate of drug-likeness (QED) is 0.769. The molecule has 0 spiro atoms. The number of fused-ring (bicyclic) bond motifs is 1. The van der Waals surface area contributed by atoms with Gasteiger partial charge in [0.25, 0.3) is 5.56 Å². The third-order valence-electron chi connectivity index (χ3n) is 3.45. The van der Waals surface area contributed by atoms with Crippen molar-refractivity contribution < 1.29 is 0 Å². The highest BCUT2D eigenvalue weighted by molar-refractivity contribution is 5.27. The van der Waals surface area contributed by atoms with Gasteiger partial charge in [0, 0.05) is 39.0 Å². The van der Waals surface area contributed by atoms with Crippen molar-refractivity contribution in [1.82, 2.24) is 24.4 Å². The van der Waals surface area contributed by atoms with Crippen LogP contribution in [0.15, 0.2) is 17.2 Å². The summed E-state index contributed by atoms with van der Waals surface area (Å²) in [5, 5.41) is 0. The van der Waals surface area contributed by atoms with E-state index in [4.69, 9.17) is 5.73 Å². The molecule has 19 heavy (non-hydrogen) atoms. The van der Waals surface area contributed by atoms with Gasteiger partial charge >= 0.3 is 0 Å². The van der Waals surface area contributed by atoms with E-state index in [2.05, 4.69) is 19.9 Å². The standard InChI is InChI=1S/C12H16N6O/c1-17-5-3-14-10(17)7-18-4-2-9-8(6-18)11(19)16-12(13)15-9/h3,5H,2,4,6-7H2,1H3,(H3,13,15,16,19). The highest BCUT2D eigenvalue weighted by atomic mass is 16.1. The lowest BCUT2D eigenvalue weighted by atomic mass is 10.1. The van der Waals surface area contributed by atoms with Crippen molar-refractivity contribution in [1.29, 1.82) is 0 Å². The van der Waals surface area contributed by atoms with Crippen LogP contribution in [-0.4, -0.2) is 31.0 Å². The smallest absolute Gasteiger partial charge is 0.257 e. The van der Waals surface area contributed by atoms with Crippen molar-refractivity contribution in [3.05, 3.63) is 39.8 Å². The number of anilines is 1. The molecular weight excluding hydrogens is 244 g/mol. The van der Waals surface area contributed by atoms with Gasteiger partial charge < -0.3 is 10.3 Å². The lowest BCUT2D eigenvalue weighted by Gasteiger charge is -2.27. The number of nitrogens with zero attached hydrogens (tertiary/aromatic N) is 4. The Morgan fingerprint density at radius 3 is 3.11 bits per heavy atom. The van der Waals surface area contributed by atoms with Crippen LogP contribution in [0, 0.1) is 0 Å². The third-order valence-corrected chi connectivity index (χ3v) is 3.45. The highest BCUT2D eigenvalue weighted by Gasteiger charge is 2.21. The van der Waals surface area contributed by atoms with Gasteiger partial charge in [-0.25, -0.2) is 9.97 Å². The maximum atomic E-state index is 11.9. The van der Waals surface area contributed by atoms with Crippen molar-refractivity contribution in [3.63, 3.8) is 0 Å². The molecule has 2 aromatic heterocycles. The molecular formula is C12H16N6O. The number of nitrogens with two attached hydrogens (primary N) is 1. The first-order chi connectivity index (χ1) is 9.13. The Bertz CT molecular complexity index is 658. The Balaban J connectivity index is 1.83. The second-order valence-corrected chi connectivity index (χ2v) is 4.79. The topological polar surface area (TPSA) is 92.8 Å². The minimum Gasteiger partial charge on any atom is -0.369 e. The van der Waals surface area contributed by atoms with E-state index >= 15 is 0 Å². The monoisotopic (exact) mass is 260 g/mol. The highest BCUT2D eigenvalue weighted by Crippen LogP contribution is 2.15. The van der Waals surface area contributed by atoms with Gasteiger partial charge in [0.05, 0.1) is 17.8 Å². The fourth-order valence-electron chi connectivity index (χ4n) is 2.38. The maximum Gasteiger partial charge on any atom is 0.257 e. The molecule has 0 fully saturated rings. The van der Waals surface area contributed by atoms with E-state index < -0.39 is 0 Å². The van der Waals surface area contributed by atoms with Gasteiger partial charge in [0.1, 0.15) is 5.82 Å². The molecule has 2 aromatic rings. The summed E-state index contributed by atoms with van der Waals surface area (Å²) in [5.41, 5.74) is 6.96. The number of nitrogens with one attached hydrogen (secondary N) is 1. The summed E-state index contributed by atoms with van der Waals surface area (Å²) in [6.07, 6.45) is 4.44. The number of nitrogen functional groups attached to an aromatic ring is 1. The average Bonchev–Trinajstić information content (AvgIpc) is 2.76. The van der Waals surface area contributed by atoms with Crippen molar-refractivity contribution in [2.75, 3.05) is 12.3 Å². The summed E-state index contributed by atoms with van der Waals surface area (Å²) in [7, 11) is 1.97. The van der Waals surface area contributed by atoms with Crippen molar-refractivity contribution in [2.24, 2.45) is 7.05 Å². The molecule has 0 saturated heterocycles. The van der Waals surface area contributed by atoms with Gasteiger partial charge in [0.2, 0.25) is 5.95 Å². The van der Waals surface area contributed by atoms with E-state index in [1.165, 1.54) is 0 Å². The van der Waals surface area contributed by atoms with E-state index in [9.17, 15) is 4.79 Å². The fraction of sp³-hybridized carbons (Fsp3) is 0.417. The van der Waals surface area contributed by atoms with Crippen LogP contribution in [0.5, 0.6) is 0 Å². The summed E-state index contributed by atoms with van der Waals surface area (Å²) in [6, 6.07) is 0.